The van der Waals surface area contributed by atoms with E-state index < -0.39 is 6.17 Å². The van der Waals surface area contributed by atoms with Crippen molar-refractivity contribution in [3.63, 3.8) is 0 Å². The van der Waals surface area contributed by atoms with Crippen LogP contribution in [-0.4, -0.2) is 0 Å². The van der Waals surface area contributed by atoms with Crippen LogP contribution in [0, 0.1) is 5.82 Å². The van der Waals surface area contributed by atoms with Crippen LogP contribution in [0.15, 0.2) is 72.8 Å². The summed E-state index contributed by atoms with van der Waals surface area (Å²) in [5, 5.41) is 0.730. The van der Waals surface area contributed by atoms with Gasteiger partial charge in [0.15, 0.2) is 0 Å². The second-order valence-corrected chi connectivity index (χ2v) is 6.92. The number of hydrogen-bond donors (Lipinski definition) is 0. The van der Waals surface area contributed by atoms with Gasteiger partial charge in [0.25, 0.3) is 0 Å². The standard InChI is InChI=1S/C23H21ClF2/c24-21-13-10-17(11-14-21)5-4-6-18-9-12-20(22(25)15-18)16-23(26)19-7-2-1-3-8-19/h1-3,7-15,23H,4-6,16H2/t23-/m0/s1. The van der Waals surface area contributed by atoms with Gasteiger partial charge in [0.1, 0.15) is 12.0 Å². The van der Waals surface area contributed by atoms with Crippen molar-refractivity contribution in [3.8, 4) is 0 Å². The largest absolute Gasteiger partial charge is 0.242 e. The van der Waals surface area contributed by atoms with Crippen molar-refractivity contribution in [3.05, 3.63) is 106 Å². The Bertz CT molecular complexity index is 829. The maximum Gasteiger partial charge on any atom is 0.129 e. The first-order chi connectivity index (χ1) is 12.6. The molecule has 1 atom stereocenters. The Hall–Kier alpha value is -2.19. The molecule has 3 heteroatoms. The van der Waals surface area contributed by atoms with Crippen LogP contribution in [0.2, 0.25) is 5.02 Å². The summed E-state index contributed by atoms with van der Waals surface area (Å²) in [6.07, 6.45) is 1.50. The van der Waals surface area contributed by atoms with Gasteiger partial charge in [-0.3, -0.25) is 0 Å². The molecule has 3 rings (SSSR count). The minimum Gasteiger partial charge on any atom is -0.242 e. The van der Waals surface area contributed by atoms with E-state index in [0.29, 0.717) is 11.1 Å². The van der Waals surface area contributed by atoms with Crippen molar-refractivity contribution in [2.45, 2.75) is 31.9 Å². The zero-order chi connectivity index (χ0) is 18.4. The molecule has 0 radical (unpaired) electrons. The Kier molecular flexibility index (Phi) is 6.40. The Morgan fingerprint density at radius 1 is 0.808 bits per heavy atom. The van der Waals surface area contributed by atoms with Crippen LogP contribution >= 0.6 is 11.6 Å². The Labute approximate surface area is 158 Å². The van der Waals surface area contributed by atoms with E-state index in [1.54, 1.807) is 30.3 Å². The molecule has 26 heavy (non-hydrogen) atoms. The monoisotopic (exact) mass is 370 g/mol. The minimum absolute atomic E-state index is 0.0564. The molecule has 3 aromatic carbocycles. The summed E-state index contributed by atoms with van der Waals surface area (Å²) < 4.78 is 28.7. The molecule has 0 saturated carbocycles. The van der Waals surface area contributed by atoms with E-state index in [1.807, 2.05) is 36.4 Å². The van der Waals surface area contributed by atoms with E-state index in [0.717, 1.165) is 29.8 Å². The van der Waals surface area contributed by atoms with E-state index in [2.05, 4.69) is 0 Å². The molecule has 0 nitrogen and oxygen atoms in total. The van der Waals surface area contributed by atoms with Crippen molar-refractivity contribution in [1.29, 1.82) is 0 Å². The third kappa shape index (κ3) is 5.15. The predicted molar refractivity (Wildman–Crippen MR) is 104 cm³/mol. The first-order valence-electron chi connectivity index (χ1n) is 8.82. The third-order valence-electron chi connectivity index (χ3n) is 4.52. The van der Waals surface area contributed by atoms with Gasteiger partial charge in [-0.05, 0) is 59.7 Å². The third-order valence-corrected chi connectivity index (χ3v) is 4.77. The molecule has 134 valence electrons. The summed E-state index contributed by atoms with van der Waals surface area (Å²) in [5.41, 5.74) is 3.16. The van der Waals surface area contributed by atoms with E-state index in [1.165, 1.54) is 11.6 Å². The number of aryl methyl sites for hydroxylation is 2. The van der Waals surface area contributed by atoms with Crippen molar-refractivity contribution in [1.82, 2.24) is 0 Å². The number of alkyl halides is 1. The molecule has 0 spiro atoms. The Balaban J connectivity index is 1.56. The van der Waals surface area contributed by atoms with E-state index in [-0.39, 0.29) is 12.2 Å². The summed E-state index contributed by atoms with van der Waals surface area (Å²) in [5.74, 6) is -0.326. The smallest absolute Gasteiger partial charge is 0.129 e. The van der Waals surface area contributed by atoms with E-state index in [9.17, 15) is 8.78 Å². The number of benzene rings is 3. The van der Waals surface area contributed by atoms with Crippen molar-refractivity contribution in [2.75, 3.05) is 0 Å². The highest BCUT2D eigenvalue weighted by molar-refractivity contribution is 6.30. The molecule has 0 fully saturated rings. The topological polar surface area (TPSA) is 0 Å². The van der Waals surface area contributed by atoms with Gasteiger partial charge in [0.05, 0.1) is 0 Å². The van der Waals surface area contributed by atoms with E-state index in [4.69, 9.17) is 11.6 Å². The molecule has 0 N–H and O–H groups in total. The minimum atomic E-state index is -1.19. The maximum atomic E-state index is 14.3. The van der Waals surface area contributed by atoms with Crippen LogP contribution in [0.1, 0.15) is 34.8 Å². The number of rotatable bonds is 7. The van der Waals surface area contributed by atoms with E-state index >= 15 is 0 Å². The van der Waals surface area contributed by atoms with Gasteiger partial charge in [0, 0.05) is 11.4 Å². The van der Waals surface area contributed by atoms with Crippen LogP contribution in [0.4, 0.5) is 8.78 Å². The molecule has 3 aromatic rings. The summed E-state index contributed by atoms with van der Waals surface area (Å²) in [7, 11) is 0. The highest BCUT2D eigenvalue weighted by Gasteiger charge is 2.13. The maximum absolute atomic E-state index is 14.3. The molecular weight excluding hydrogens is 350 g/mol. The molecule has 0 unspecified atom stereocenters. The van der Waals surface area contributed by atoms with Gasteiger partial charge in [-0.1, -0.05) is 66.2 Å². The van der Waals surface area contributed by atoms with Crippen LogP contribution in [-0.2, 0) is 19.3 Å². The summed E-state index contributed by atoms with van der Waals surface area (Å²) in [4.78, 5) is 0. The lowest BCUT2D eigenvalue weighted by molar-refractivity contribution is 0.338. The molecule has 0 bridgehead atoms. The molecule has 0 aliphatic heterocycles. The van der Waals surface area contributed by atoms with Gasteiger partial charge in [-0.25, -0.2) is 8.78 Å². The van der Waals surface area contributed by atoms with Crippen LogP contribution in [0.5, 0.6) is 0 Å². The second-order valence-electron chi connectivity index (χ2n) is 6.49. The zero-order valence-corrected chi connectivity index (χ0v) is 15.2. The van der Waals surface area contributed by atoms with Crippen LogP contribution < -0.4 is 0 Å². The summed E-state index contributed by atoms with van der Waals surface area (Å²) in [6, 6.07) is 21.8. The lowest BCUT2D eigenvalue weighted by Gasteiger charge is -2.11. The number of hydrogen-bond acceptors (Lipinski definition) is 0. The van der Waals surface area contributed by atoms with Gasteiger partial charge in [-0.2, -0.15) is 0 Å². The fourth-order valence-corrected chi connectivity index (χ4v) is 3.16. The SMILES string of the molecule is Fc1cc(CCCc2ccc(Cl)cc2)ccc1C[C@H](F)c1ccccc1. The van der Waals surface area contributed by atoms with Gasteiger partial charge in [-0.15, -0.1) is 0 Å². The first-order valence-corrected chi connectivity index (χ1v) is 9.20. The second kappa shape index (κ2) is 8.95. The average Bonchev–Trinajstić information content (AvgIpc) is 2.66. The lowest BCUT2D eigenvalue weighted by atomic mass is 9.99. The highest BCUT2D eigenvalue weighted by atomic mass is 35.5. The summed E-state index contributed by atoms with van der Waals surface area (Å²) in [6.45, 7) is 0. The molecule has 0 heterocycles. The first kappa shape index (κ1) is 18.6. The van der Waals surface area contributed by atoms with Crippen molar-refractivity contribution < 1.29 is 8.78 Å². The molecular formula is C23H21ClF2. The van der Waals surface area contributed by atoms with Crippen molar-refractivity contribution >= 4 is 11.6 Å². The van der Waals surface area contributed by atoms with Gasteiger partial charge in [0.2, 0.25) is 0 Å². The molecule has 0 aliphatic rings. The normalized spacial score (nSPS) is 12.1. The average molecular weight is 371 g/mol. The van der Waals surface area contributed by atoms with Crippen molar-refractivity contribution in [2.24, 2.45) is 0 Å². The fraction of sp³-hybridized carbons (Fsp3) is 0.217. The highest BCUT2D eigenvalue weighted by Crippen LogP contribution is 2.24. The predicted octanol–water partition coefficient (Wildman–Crippen LogP) is 6.91. The van der Waals surface area contributed by atoms with Crippen LogP contribution in [0.3, 0.4) is 0 Å². The summed E-state index contributed by atoms with van der Waals surface area (Å²) >= 11 is 5.88. The molecule has 0 saturated heterocycles. The fourth-order valence-electron chi connectivity index (χ4n) is 3.03. The Morgan fingerprint density at radius 3 is 2.15 bits per heavy atom. The van der Waals surface area contributed by atoms with Gasteiger partial charge < -0.3 is 0 Å². The zero-order valence-electron chi connectivity index (χ0n) is 14.5. The molecule has 0 aliphatic carbocycles. The quantitative estimate of drug-likeness (QED) is 0.424. The Morgan fingerprint density at radius 2 is 1.46 bits per heavy atom. The van der Waals surface area contributed by atoms with Gasteiger partial charge >= 0.3 is 0 Å². The molecule has 0 aromatic heterocycles. The number of halogens is 3. The molecule has 0 amide bonds. The van der Waals surface area contributed by atoms with Crippen LogP contribution in [0.25, 0.3) is 0 Å². The lowest BCUT2D eigenvalue weighted by Crippen LogP contribution is -2.00.